The van der Waals surface area contributed by atoms with Gasteiger partial charge in [0.1, 0.15) is 0 Å². The van der Waals surface area contributed by atoms with Crippen molar-refractivity contribution in [2.45, 2.75) is 78.0 Å². The van der Waals surface area contributed by atoms with Crippen molar-refractivity contribution in [1.82, 2.24) is 4.31 Å². The summed E-state index contributed by atoms with van der Waals surface area (Å²) < 4.78 is 34.6. The molecule has 1 aromatic carbocycles. The standard InChI is InChI=1S/C19H30N2O4S/c1-15(2)20(17-11-7-5-8-12-17)26(23,24)21(19(22)25-16(3)4)18-13-9-6-10-14-18/h6,9-10,13-17H,5,7-8,11-12H2,1-4H3. The van der Waals surface area contributed by atoms with Crippen LogP contribution in [0.15, 0.2) is 30.3 Å². The minimum Gasteiger partial charge on any atom is -0.446 e. The molecule has 7 heteroatoms. The van der Waals surface area contributed by atoms with Crippen LogP contribution < -0.4 is 4.31 Å². The van der Waals surface area contributed by atoms with Crippen molar-refractivity contribution < 1.29 is 17.9 Å². The van der Waals surface area contributed by atoms with Gasteiger partial charge in [-0.25, -0.2) is 4.79 Å². The van der Waals surface area contributed by atoms with E-state index in [4.69, 9.17) is 4.74 Å². The maximum atomic E-state index is 13.5. The number of carbonyl (C=O) groups is 1. The summed E-state index contributed by atoms with van der Waals surface area (Å²) in [7, 11) is -4.07. The zero-order valence-corrected chi connectivity index (χ0v) is 16.9. The Kier molecular flexibility index (Phi) is 7.06. The molecule has 1 saturated carbocycles. The number of amides is 1. The van der Waals surface area contributed by atoms with Crippen molar-refractivity contribution in [3.63, 3.8) is 0 Å². The van der Waals surface area contributed by atoms with Crippen LogP contribution in [-0.2, 0) is 14.9 Å². The van der Waals surface area contributed by atoms with E-state index in [1.54, 1.807) is 44.2 Å². The van der Waals surface area contributed by atoms with Gasteiger partial charge in [0.2, 0.25) is 0 Å². The highest BCUT2D eigenvalue weighted by Crippen LogP contribution is 2.30. The first-order chi connectivity index (χ1) is 12.2. The fraction of sp³-hybridized carbons (Fsp3) is 0.632. The molecule has 1 aliphatic carbocycles. The lowest BCUT2D eigenvalue weighted by Gasteiger charge is -2.38. The number of nitrogens with zero attached hydrogens (tertiary/aromatic N) is 2. The average molecular weight is 383 g/mol. The van der Waals surface area contributed by atoms with E-state index in [9.17, 15) is 13.2 Å². The van der Waals surface area contributed by atoms with Gasteiger partial charge in [0, 0.05) is 12.1 Å². The first kappa shape index (κ1) is 20.7. The first-order valence-electron chi connectivity index (χ1n) is 9.34. The molecule has 0 saturated heterocycles. The Hall–Kier alpha value is -1.60. The molecule has 1 aliphatic rings. The SMILES string of the molecule is CC(C)OC(=O)N(c1ccccc1)S(=O)(=O)N(C(C)C)C1CCCCC1. The molecule has 1 fully saturated rings. The third kappa shape index (κ3) is 4.76. The quantitative estimate of drug-likeness (QED) is 0.734. The Morgan fingerprint density at radius 2 is 1.62 bits per heavy atom. The maximum Gasteiger partial charge on any atom is 0.429 e. The lowest BCUT2D eigenvalue weighted by molar-refractivity contribution is 0.125. The minimum atomic E-state index is -4.07. The molecule has 2 rings (SSSR count). The van der Waals surface area contributed by atoms with E-state index in [0.29, 0.717) is 5.69 Å². The lowest BCUT2D eigenvalue weighted by atomic mass is 9.95. The molecule has 0 atom stereocenters. The van der Waals surface area contributed by atoms with Crippen molar-refractivity contribution in [3.05, 3.63) is 30.3 Å². The normalized spacial score (nSPS) is 16.3. The van der Waals surface area contributed by atoms with Crippen molar-refractivity contribution in [2.24, 2.45) is 0 Å². The number of rotatable bonds is 6. The van der Waals surface area contributed by atoms with Crippen molar-refractivity contribution in [3.8, 4) is 0 Å². The van der Waals surface area contributed by atoms with Crippen LogP contribution in [0.4, 0.5) is 10.5 Å². The Morgan fingerprint density at radius 3 is 2.12 bits per heavy atom. The molecule has 0 aliphatic heterocycles. The van der Waals surface area contributed by atoms with Gasteiger partial charge in [-0.2, -0.15) is 17.0 Å². The van der Waals surface area contributed by atoms with Gasteiger partial charge in [0.15, 0.2) is 0 Å². The van der Waals surface area contributed by atoms with Gasteiger partial charge in [0.25, 0.3) is 0 Å². The molecule has 0 heterocycles. The Morgan fingerprint density at radius 1 is 1.04 bits per heavy atom. The average Bonchev–Trinajstić information content (AvgIpc) is 2.55. The molecule has 1 amide bonds. The summed E-state index contributed by atoms with van der Waals surface area (Å²) in [6.07, 6.45) is 3.49. The predicted octanol–water partition coefficient (Wildman–Crippen LogP) is 4.33. The molecule has 0 radical (unpaired) electrons. The van der Waals surface area contributed by atoms with Crippen LogP contribution in [0.1, 0.15) is 59.8 Å². The van der Waals surface area contributed by atoms with Crippen LogP contribution in [0.2, 0.25) is 0 Å². The maximum absolute atomic E-state index is 13.5. The van der Waals surface area contributed by atoms with E-state index in [1.807, 2.05) is 13.8 Å². The third-order valence-corrected chi connectivity index (χ3v) is 6.51. The van der Waals surface area contributed by atoms with Crippen LogP contribution in [0.5, 0.6) is 0 Å². The second-order valence-electron chi connectivity index (χ2n) is 7.26. The van der Waals surface area contributed by atoms with Crippen molar-refractivity contribution >= 4 is 22.0 Å². The van der Waals surface area contributed by atoms with Crippen LogP contribution in [-0.4, -0.2) is 37.0 Å². The van der Waals surface area contributed by atoms with Crippen LogP contribution in [0, 0.1) is 0 Å². The molecule has 0 unspecified atom stereocenters. The van der Waals surface area contributed by atoms with E-state index in [1.165, 1.54) is 4.31 Å². The predicted molar refractivity (Wildman–Crippen MR) is 103 cm³/mol. The Bertz CT molecular complexity index is 683. The molecule has 146 valence electrons. The highest BCUT2D eigenvalue weighted by molar-refractivity contribution is 7.91. The molecule has 26 heavy (non-hydrogen) atoms. The summed E-state index contributed by atoms with van der Waals surface area (Å²) in [5.74, 6) is 0. The number of ether oxygens (including phenoxy) is 1. The van der Waals surface area contributed by atoms with Gasteiger partial charge < -0.3 is 4.74 Å². The lowest BCUT2D eigenvalue weighted by Crippen LogP contribution is -2.54. The van der Waals surface area contributed by atoms with Gasteiger partial charge in [-0.05, 0) is 52.7 Å². The van der Waals surface area contributed by atoms with E-state index in [2.05, 4.69) is 0 Å². The number of carbonyl (C=O) groups excluding carboxylic acids is 1. The summed E-state index contributed by atoms with van der Waals surface area (Å²) in [5, 5.41) is 0. The zero-order valence-electron chi connectivity index (χ0n) is 16.1. The molecule has 0 bridgehead atoms. The Balaban J connectivity index is 2.47. The van der Waals surface area contributed by atoms with E-state index >= 15 is 0 Å². The molecule has 0 N–H and O–H groups in total. The second kappa shape index (κ2) is 8.86. The molecule has 6 nitrogen and oxygen atoms in total. The van der Waals surface area contributed by atoms with Crippen LogP contribution >= 0.6 is 0 Å². The number of anilines is 1. The van der Waals surface area contributed by atoms with Gasteiger partial charge >= 0.3 is 16.3 Å². The second-order valence-corrected chi connectivity index (χ2v) is 8.94. The van der Waals surface area contributed by atoms with E-state index < -0.39 is 22.4 Å². The van der Waals surface area contributed by atoms with Crippen molar-refractivity contribution in [2.75, 3.05) is 4.31 Å². The highest BCUT2D eigenvalue weighted by atomic mass is 32.2. The molecular weight excluding hydrogens is 352 g/mol. The van der Waals surface area contributed by atoms with Gasteiger partial charge in [-0.15, -0.1) is 0 Å². The fourth-order valence-electron chi connectivity index (χ4n) is 3.45. The first-order valence-corrected chi connectivity index (χ1v) is 10.7. The monoisotopic (exact) mass is 382 g/mol. The number of hydrogen-bond donors (Lipinski definition) is 0. The summed E-state index contributed by atoms with van der Waals surface area (Å²) in [6.45, 7) is 7.11. The summed E-state index contributed by atoms with van der Waals surface area (Å²) in [4.78, 5) is 12.7. The zero-order chi connectivity index (χ0) is 19.3. The topological polar surface area (TPSA) is 66.9 Å². The fourth-order valence-corrected chi connectivity index (χ4v) is 5.38. The van der Waals surface area contributed by atoms with Gasteiger partial charge in [-0.1, -0.05) is 37.5 Å². The highest BCUT2D eigenvalue weighted by Gasteiger charge is 2.41. The van der Waals surface area contributed by atoms with Crippen molar-refractivity contribution in [1.29, 1.82) is 0 Å². The molecule has 1 aromatic rings. The summed E-state index contributed by atoms with van der Waals surface area (Å²) in [5.41, 5.74) is 0.291. The number of hydrogen-bond acceptors (Lipinski definition) is 4. The Labute approximate surface area is 157 Å². The molecule has 0 aromatic heterocycles. The minimum absolute atomic E-state index is 0.0909. The van der Waals surface area contributed by atoms with Gasteiger partial charge in [-0.3, -0.25) is 0 Å². The molecule has 0 spiro atoms. The largest absolute Gasteiger partial charge is 0.446 e. The van der Waals surface area contributed by atoms with Gasteiger partial charge in [0.05, 0.1) is 11.8 Å². The third-order valence-electron chi connectivity index (χ3n) is 4.43. The van der Waals surface area contributed by atoms with E-state index in [-0.39, 0.29) is 12.1 Å². The van der Waals surface area contributed by atoms with Crippen LogP contribution in [0.25, 0.3) is 0 Å². The number of benzene rings is 1. The van der Waals surface area contributed by atoms with E-state index in [0.717, 1.165) is 36.4 Å². The van der Waals surface area contributed by atoms with Crippen LogP contribution in [0.3, 0.4) is 0 Å². The smallest absolute Gasteiger partial charge is 0.429 e. The summed E-state index contributed by atoms with van der Waals surface area (Å²) in [6, 6.07) is 8.08. The summed E-state index contributed by atoms with van der Waals surface area (Å²) >= 11 is 0. The molecular formula is C19H30N2O4S. The number of para-hydroxylation sites is 1.